The molecule has 0 unspecified atom stereocenters. The molecule has 0 fully saturated rings. The van der Waals surface area contributed by atoms with Gasteiger partial charge in [0.25, 0.3) is 10.0 Å². The highest BCUT2D eigenvalue weighted by Crippen LogP contribution is 2.14. The molecule has 1 aromatic rings. The lowest BCUT2D eigenvalue weighted by Crippen LogP contribution is -2.24. The summed E-state index contributed by atoms with van der Waals surface area (Å²) >= 11 is 0. The summed E-state index contributed by atoms with van der Waals surface area (Å²) < 4.78 is 30.5. The number of hydrogen-bond acceptors (Lipinski definition) is 4. The maximum absolute atomic E-state index is 12.2. The molecule has 6 heteroatoms. The van der Waals surface area contributed by atoms with Crippen LogP contribution in [0.15, 0.2) is 40.3 Å². The van der Waals surface area contributed by atoms with Gasteiger partial charge in [-0.3, -0.25) is 0 Å². The van der Waals surface area contributed by atoms with Crippen molar-refractivity contribution in [2.24, 2.45) is 5.10 Å². The van der Waals surface area contributed by atoms with Crippen LogP contribution in [0.4, 0.5) is 0 Å². The summed E-state index contributed by atoms with van der Waals surface area (Å²) in [4.78, 5) is 0.211. The molecule has 0 heterocycles. The summed E-state index contributed by atoms with van der Waals surface area (Å²) in [5, 5.41) is 3.97. The average Bonchev–Trinajstić information content (AvgIpc) is 2.39. The van der Waals surface area contributed by atoms with Crippen molar-refractivity contribution in [3.05, 3.63) is 30.3 Å². The van der Waals surface area contributed by atoms with Crippen molar-refractivity contribution in [3.63, 3.8) is 0 Å². The van der Waals surface area contributed by atoms with Gasteiger partial charge in [0.1, 0.15) is 0 Å². The van der Waals surface area contributed by atoms with E-state index in [1.807, 2.05) is 13.8 Å². The molecule has 1 rings (SSSR count). The van der Waals surface area contributed by atoms with Crippen LogP contribution in [0.25, 0.3) is 0 Å². The zero-order chi connectivity index (χ0) is 13.6. The van der Waals surface area contributed by atoms with Gasteiger partial charge in [-0.25, -0.2) is 0 Å². The van der Waals surface area contributed by atoms with Crippen LogP contribution in [0.3, 0.4) is 0 Å². The standard InChI is InChI=1S/C12H18N2O3S/c1-4-12(17-5-2)13-14(3)18(15,16)11-9-7-6-8-10-11/h6-10H,4-5H2,1-3H3/b13-12+. The summed E-state index contributed by atoms with van der Waals surface area (Å²) in [6, 6.07) is 8.18. The van der Waals surface area contributed by atoms with Crippen LogP contribution < -0.4 is 0 Å². The van der Waals surface area contributed by atoms with Crippen molar-refractivity contribution in [1.82, 2.24) is 4.41 Å². The average molecular weight is 270 g/mol. The largest absolute Gasteiger partial charge is 0.480 e. The SMILES string of the molecule is CCO/C(CC)=N/N(C)S(=O)(=O)c1ccccc1. The molecule has 0 aliphatic heterocycles. The lowest BCUT2D eigenvalue weighted by molar-refractivity contribution is 0.308. The predicted molar refractivity (Wildman–Crippen MR) is 70.7 cm³/mol. The summed E-state index contributed by atoms with van der Waals surface area (Å²) in [6.07, 6.45) is 0.544. The first-order valence-corrected chi connectivity index (χ1v) is 7.20. The maximum Gasteiger partial charge on any atom is 0.278 e. The van der Waals surface area contributed by atoms with E-state index in [1.54, 1.807) is 18.2 Å². The molecule has 0 aromatic heterocycles. The first-order chi connectivity index (χ1) is 8.52. The van der Waals surface area contributed by atoms with Crippen molar-refractivity contribution in [2.75, 3.05) is 13.7 Å². The smallest absolute Gasteiger partial charge is 0.278 e. The van der Waals surface area contributed by atoms with Gasteiger partial charge in [0.05, 0.1) is 11.5 Å². The normalized spacial score (nSPS) is 12.3. The van der Waals surface area contributed by atoms with Gasteiger partial charge < -0.3 is 4.74 Å². The Morgan fingerprint density at radius 3 is 2.39 bits per heavy atom. The Balaban J connectivity index is 2.99. The zero-order valence-electron chi connectivity index (χ0n) is 10.8. The number of benzene rings is 1. The molecular weight excluding hydrogens is 252 g/mol. The van der Waals surface area contributed by atoms with Crippen LogP contribution in [0.5, 0.6) is 0 Å². The molecule has 0 spiro atoms. The third kappa shape index (κ3) is 3.46. The van der Waals surface area contributed by atoms with Gasteiger partial charge in [0.2, 0.25) is 5.90 Å². The Morgan fingerprint density at radius 1 is 1.28 bits per heavy atom. The molecular formula is C12H18N2O3S. The Labute approximate surface area is 108 Å². The number of sulfonamides is 1. The van der Waals surface area contributed by atoms with E-state index in [-0.39, 0.29) is 4.90 Å². The van der Waals surface area contributed by atoms with E-state index in [9.17, 15) is 8.42 Å². The fourth-order valence-corrected chi connectivity index (χ4v) is 2.33. The summed E-state index contributed by atoms with van der Waals surface area (Å²) in [5.74, 6) is 0.402. The molecule has 0 aliphatic rings. The maximum atomic E-state index is 12.2. The Bertz CT molecular complexity index is 497. The van der Waals surface area contributed by atoms with Gasteiger partial charge in [-0.15, -0.1) is 5.10 Å². The third-order valence-corrected chi connectivity index (χ3v) is 3.90. The van der Waals surface area contributed by atoms with E-state index in [4.69, 9.17) is 4.74 Å². The van der Waals surface area contributed by atoms with Crippen LogP contribution in [-0.4, -0.2) is 32.4 Å². The first-order valence-electron chi connectivity index (χ1n) is 5.76. The van der Waals surface area contributed by atoms with E-state index in [0.717, 1.165) is 4.41 Å². The fourth-order valence-electron chi connectivity index (χ4n) is 1.32. The minimum absolute atomic E-state index is 0.211. The first kappa shape index (κ1) is 14.5. The second kappa shape index (κ2) is 6.39. The van der Waals surface area contributed by atoms with Gasteiger partial charge in [0.15, 0.2) is 0 Å². The van der Waals surface area contributed by atoms with Crippen LogP contribution >= 0.6 is 0 Å². The van der Waals surface area contributed by atoms with E-state index in [0.29, 0.717) is 18.9 Å². The molecule has 0 saturated carbocycles. The third-order valence-electron chi connectivity index (χ3n) is 2.25. The Kier molecular flexibility index (Phi) is 5.15. The highest BCUT2D eigenvalue weighted by Gasteiger charge is 2.19. The Hall–Kier alpha value is -1.56. The van der Waals surface area contributed by atoms with E-state index >= 15 is 0 Å². The molecule has 0 saturated heterocycles. The molecule has 100 valence electrons. The van der Waals surface area contributed by atoms with Gasteiger partial charge in [-0.2, -0.15) is 12.8 Å². The quantitative estimate of drug-likeness (QED) is 0.467. The van der Waals surface area contributed by atoms with E-state index in [2.05, 4.69) is 5.10 Å². The second-order valence-corrected chi connectivity index (χ2v) is 5.48. The zero-order valence-corrected chi connectivity index (χ0v) is 11.6. The van der Waals surface area contributed by atoms with Crippen LogP contribution in [-0.2, 0) is 14.8 Å². The van der Waals surface area contributed by atoms with Crippen molar-refractivity contribution >= 4 is 15.9 Å². The monoisotopic (exact) mass is 270 g/mol. The van der Waals surface area contributed by atoms with Crippen LogP contribution in [0.1, 0.15) is 20.3 Å². The minimum Gasteiger partial charge on any atom is -0.480 e. The van der Waals surface area contributed by atoms with Crippen molar-refractivity contribution in [1.29, 1.82) is 0 Å². The predicted octanol–water partition coefficient (Wildman–Crippen LogP) is 2.07. The number of hydrogen-bond donors (Lipinski definition) is 0. The Morgan fingerprint density at radius 2 is 1.89 bits per heavy atom. The summed E-state index contributed by atoms with van der Waals surface area (Å²) in [7, 11) is -2.20. The van der Waals surface area contributed by atoms with Crippen molar-refractivity contribution < 1.29 is 13.2 Å². The van der Waals surface area contributed by atoms with Crippen molar-refractivity contribution in [2.45, 2.75) is 25.2 Å². The fraction of sp³-hybridized carbons (Fsp3) is 0.417. The van der Waals surface area contributed by atoms with Gasteiger partial charge in [-0.05, 0) is 19.1 Å². The van der Waals surface area contributed by atoms with Crippen LogP contribution in [0.2, 0.25) is 0 Å². The van der Waals surface area contributed by atoms with Gasteiger partial charge in [0, 0.05) is 13.5 Å². The highest BCUT2D eigenvalue weighted by molar-refractivity contribution is 7.89. The molecule has 5 nitrogen and oxygen atoms in total. The number of rotatable bonds is 5. The summed E-state index contributed by atoms with van der Waals surface area (Å²) in [6.45, 7) is 4.15. The highest BCUT2D eigenvalue weighted by atomic mass is 32.2. The lowest BCUT2D eigenvalue weighted by Gasteiger charge is -2.15. The van der Waals surface area contributed by atoms with E-state index < -0.39 is 10.0 Å². The number of nitrogens with zero attached hydrogens (tertiary/aromatic N) is 2. The van der Waals surface area contributed by atoms with Crippen molar-refractivity contribution in [3.8, 4) is 0 Å². The topological polar surface area (TPSA) is 59.0 Å². The van der Waals surface area contributed by atoms with E-state index in [1.165, 1.54) is 19.2 Å². The number of ether oxygens (including phenoxy) is 1. The molecule has 1 aromatic carbocycles. The molecule has 0 N–H and O–H groups in total. The molecule has 0 aliphatic carbocycles. The lowest BCUT2D eigenvalue weighted by atomic mass is 10.4. The van der Waals surface area contributed by atoms with Gasteiger partial charge >= 0.3 is 0 Å². The number of hydrazone groups is 1. The molecule has 0 bridgehead atoms. The minimum atomic E-state index is -3.60. The second-order valence-electron chi connectivity index (χ2n) is 3.53. The molecule has 18 heavy (non-hydrogen) atoms. The van der Waals surface area contributed by atoms with Crippen LogP contribution in [0, 0.1) is 0 Å². The van der Waals surface area contributed by atoms with Gasteiger partial charge in [-0.1, -0.05) is 25.1 Å². The summed E-state index contributed by atoms with van der Waals surface area (Å²) in [5.41, 5.74) is 0. The molecule has 0 atom stereocenters. The molecule has 0 amide bonds. The molecule has 0 radical (unpaired) electrons.